The van der Waals surface area contributed by atoms with Gasteiger partial charge in [-0.1, -0.05) is 12.1 Å². The summed E-state index contributed by atoms with van der Waals surface area (Å²) in [6.45, 7) is 3.28. The number of cyclic esters (lactones) is 1. The number of halogens is 1. The summed E-state index contributed by atoms with van der Waals surface area (Å²) in [6, 6.07) is 2.47. The standard InChI is InChI=1S/C29H27FN6O6/c1-3-29(41)17-8-22-25-15(10-36(22)27(39)16(17)12-42-28(29)40)24-19(32-26(38)21-11-35(6-7-37)34-33-21)5-4-14-13(2)18(30)9-20(31-25)23(14)24/h8-9,11,19,37,41H,3-7,10,12H2,1-2H3,(H,32,38)/t19-,29-/m0/s1. The summed E-state index contributed by atoms with van der Waals surface area (Å²) in [5.74, 6) is -1.68. The van der Waals surface area contributed by atoms with Crippen LogP contribution in [-0.4, -0.2) is 53.2 Å². The first-order valence-corrected chi connectivity index (χ1v) is 13.8. The van der Waals surface area contributed by atoms with E-state index < -0.39 is 34.9 Å². The van der Waals surface area contributed by atoms with E-state index in [4.69, 9.17) is 9.72 Å². The number of carbonyl (C=O) groups excluding carboxylic acids is 2. The minimum Gasteiger partial charge on any atom is -0.458 e. The van der Waals surface area contributed by atoms with Gasteiger partial charge in [0.1, 0.15) is 12.4 Å². The Morgan fingerprint density at radius 3 is 2.83 bits per heavy atom. The third kappa shape index (κ3) is 3.59. The van der Waals surface area contributed by atoms with Gasteiger partial charge in [-0.2, -0.15) is 0 Å². The van der Waals surface area contributed by atoms with Gasteiger partial charge in [0.05, 0.1) is 54.4 Å². The van der Waals surface area contributed by atoms with Crippen LogP contribution in [0.3, 0.4) is 0 Å². The van der Waals surface area contributed by atoms with Gasteiger partial charge in [0, 0.05) is 22.6 Å². The third-order valence-electron chi connectivity index (χ3n) is 8.78. The van der Waals surface area contributed by atoms with Crippen LogP contribution >= 0.6 is 0 Å². The van der Waals surface area contributed by atoms with E-state index >= 15 is 4.39 Å². The smallest absolute Gasteiger partial charge is 0.343 e. The summed E-state index contributed by atoms with van der Waals surface area (Å²) in [6.07, 6.45) is 2.43. The van der Waals surface area contributed by atoms with Crippen molar-refractivity contribution in [2.24, 2.45) is 0 Å². The molecule has 1 aliphatic carbocycles. The van der Waals surface area contributed by atoms with Crippen molar-refractivity contribution in [2.75, 3.05) is 6.61 Å². The summed E-state index contributed by atoms with van der Waals surface area (Å²) in [5.41, 5.74) is 2.07. The van der Waals surface area contributed by atoms with Gasteiger partial charge in [0.2, 0.25) is 0 Å². The number of aliphatic hydroxyl groups is 2. The molecule has 3 aromatic heterocycles. The molecule has 0 bridgehead atoms. The van der Waals surface area contributed by atoms with E-state index in [2.05, 4.69) is 15.6 Å². The molecule has 12 nitrogen and oxygen atoms in total. The van der Waals surface area contributed by atoms with Crippen molar-refractivity contribution < 1.29 is 28.9 Å². The van der Waals surface area contributed by atoms with E-state index in [1.165, 1.54) is 21.5 Å². The molecule has 0 radical (unpaired) electrons. The highest BCUT2D eigenvalue weighted by molar-refractivity contribution is 5.96. The number of aromatic nitrogens is 5. The number of amides is 1. The average molecular weight is 575 g/mol. The molecule has 4 aromatic rings. The molecule has 0 spiro atoms. The molecular weight excluding hydrogens is 547 g/mol. The van der Waals surface area contributed by atoms with Crippen LogP contribution in [0, 0.1) is 12.7 Å². The molecule has 5 heterocycles. The Kier molecular flexibility index (Phi) is 5.82. The quantitative estimate of drug-likeness (QED) is 0.264. The lowest BCUT2D eigenvalue weighted by atomic mass is 9.81. The van der Waals surface area contributed by atoms with Crippen molar-refractivity contribution in [3.05, 3.63) is 73.6 Å². The molecule has 3 aliphatic rings. The Morgan fingerprint density at radius 2 is 2.07 bits per heavy atom. The highest BCUT2D eigenvalue weighted by Gasteiger charge is 2.46. The van der Waals surface area contributed by atoms with Gasteiger partial charge in [0.15, 0.2) is 11.3 Å². The molecular formula is C29H27FN6O6. The number of benzene rings is 1. The molecule has 0 unspecified atom stereocenters. The first-order valence-electron chi connectivity index (χ1n) is 13.8. The summed E-state index contributed by atoms with van der Waals surface area (Å²) >= 11 is 0. The van der Waals surface area contributed by atoms with Gasteiger partial charge in [-0.25, -0.2) is 18.9 Å². The zero-order chi connectivity index (χ0) is 29.5. The lowest BCUT2D eigenvalue weighted by Gasteiger charge is -2.31. The molecule has 0 fully saturated rings. The lowest BCUT2D eigenvalue weighted by molar-refractivity contribution is -0.172. The van der Waals surface area contributed by atoms with Gasteiger partial charge in [-0.3, -0.25) is 9.59 Å². The number of hydrogen-bond acceptors (Lipinski definition) is 9. The SMILES string of the molecule is CC[C@@]1(O)C(=O)OCc2c1cc1n(c2=O)Cc2c-1nc1cc(F)c(C)c3c1c2[C@@H](NC(=O)c1cn(CCO)nn1)CC3. The van der Waals surface area contributed by atoms with Gasteiger partial charge in [-0.05, 0) is 48.9 Å². The summed E-state index contributed by atoms with van der Waals surface area (Å²) in [4.78, 5) is 44.4. The summed E-state index contributed by atoms with van der Waals surface area (Å²) in [7, 11) is 0. The Balaban J connectivity index is 1.42. The van der Waals surface area contributed by atoms with Crippen LogP contribution in [-0.2, 0) is 41.2 Å². The Hall–Kier alpha value is -4.49. The number of aryl methyl sites for hydroxylation is 1. The molecule has 0 saturated heterocycles. The second kappa shape index (κ2) is 9.26. The summed E-state index contributed by atoms with van der Waals surface area (Å²) in [5, 5.41) is 32.0. The van der Waals surface area contributed by atoms with Crippen LogP contribution in [0.2, 0.25) is 0 Å². The van der Waals surface area contributed by atoms with E-state index in [1.54, 1.807) is 19.9 Å². The monoisotopic (exact) mass is 574 g/mol. The largest absolute Gasteiger partial charge is 0.458 e. The number of pyridine rings is 2. The number of nitrogens with zero attached hydrogens (tertiary/aromatic N) is 5. The average Bonchev–Trinajstić information content (AvgIpc) is 3.60. The lowest BCUT2D eigenvalue weighted by Crippen LogP contribution is -2.44. The van der Waals surface area contributed by atoms with Crippen molar-refractivity contribution in [3.63, 3.8) is 0 Å². The van der Waals surface area contributed by atoms with Crippen LogP contribution in [0.1, 0.15) is 69.7 Å². The molecule has 2 aliphatic heterocycles. The molecule has 1 amide bonds. The maximum Gasteiger partial charge on any atom is 0.343 e. The fourth-order valence-electron chi connectivity index (χ4n) is 6.55. The maximum atomic E-state index is 15.1. The maximum absolute atomic E-state index is 15.1. The van der Waals surface area contributed by atoms with E-state index in [0.717, 1.165) is 16.5 Å². The predicted molar refractivity (Wildman–Crippen MR) is 145 cm³/mol. The Labute approximate surface area is 237 Å². The molecule has 42 heavy (non-hydrogen) atoms. The predicted octanol–water partition coefficient (Wildman–Crippen LogP) is 1.53. The normalized spacial score (nSPS) is 20.2. The topological polar surface area (TPSA) is 161 Å². The first kappa shape index (κ1) is 26.4. The van der Waals surface area contributed by atoms with Gasteiger partial charge in [0.25, 0.3) is 11.5 Å². The van der Waals surface area contributed by atoms with Crippen molar-refractivity contribution >= 4 is 22.8 Å². The van der Waals surface area contributed by atoms with E-state index in [-0.39, 0.29) is 49.5 Å². The van der Waals surface area contributed by atoms with Crippen LogP contribution in [0.25, 0.3) is 22.3 Å². The van der Waals surface area contributed by atoms with Gasteiger partial charge >= 0.3 is 5.97 Å². The Morgan fingerprint density at radius 1 is 1.26 bits per heavy atom. The minimum atomic E-state index is -1.98. The van der Waals surface area contributed by atoms with Crippen molar-refractivity contribution in [3.8, 4) is 11.4 Å². The van der Waals surface area contributed by atoms with Crippen LogP contribution in [0.5, 0.6) is 0 Å². The van der Waals surface area contributed by atoms with Crippen molar-refractivity contribution in [2.45, 2.75) is 64.4 Å². The van der Waals surface area contributed by atoms with E-state index in [9.17, 15) is 24.6 Å². The number of carbonyl (C=O) groups is 2. The number of hydrogen-bond donors (Lipinski definition) is 3. The second-order valence-corrected chi connectivity index (χ2v) is 11.0. The zero-order valence-electron chi connectivity index (χ0n) is 22.9. The molecule has 3 N–H and O–H groups in total. The molecule has 7 rings (SSSR count). The fourth-order valence-corrected chi connectivity index (χ4v) is 6.55. The number of nitrogens with one attached hydrogen (secondary N) is 1. The Bertz CT molecular complexity index is 1920. The molecule has 13 heteroatoms. The fraction of sp³-hybridized carbons (Fsp3) is 0.379. The van der Waals surface area contributed by atoms with Crippen LogP contribution in [0.15, 0.2) is 23.1 Å². The third-order valence-corrected chi connectivity index (χ3v) is 8.78. The zero-order valence-corrected chi connectivity index (χ0v) is 22.9. The number of esters is 1. The highest BCUT2D eigenvalue weighted by Crippen LogP contribution is 2.46. The molecule has 2 atom stereocenters. The summed E-state index contributed by atoms with van der Waals surface area (Å²) < 4.78 is 23.2. The number of ether oxygens (including phenoxy) is 1. The second-order valence-electron chi connectivity index (χ2n) is 11.0. The molecule has 1 aromatic carbocycles. The van der Waals surface area contributed by atoms with Crippen molar-refractivity contribution in [1.29, 1.82) is 0 Å². The number of rotatable bonds is 5. The minimum absolute atomic E-state index is 0.00978. The number of fused-ring (bicyclic) bond motifs is 5. The van der Waals surface area contributed by atoms with Crippen LogP contribution < -0.4 is 10.9 Å². The van der Waals surface area contributed by atoms with Gasteiger partial charge < -0.3 is 24.8 Å². The molecule has 0 saturated carbocycles. The van der Waals surface area contributed by atoms with E-state index in [1.807, 2.05) is 0 Å². The number of aliphatic hydroxyl groups excluding tert-OH is 1. The van der Waals surface area contributed by atoms with Gasteiger partial charge in [-0.15, -0.1) is 5.10 Å². The molecule has 216 valence electrons. The van der Waals surface area contributed by atoms with Crippen molar-refractivity contribution in [1.82, 2.24) is 29.9 Å². The van der Waals surface area contributed by atoms with Crippen LogP contribution in [0.4, 0.5) is 4.39 Å². The van der Waals surface area contributed by atoms with E-state index in [0.29, 0.717) is 40.9 Å². The first-order chi connectivity index (χ1) is 20.2. The highest BCUT2D eigenvalue weighted by atomic mass is 19.1.